The van der Waals surface area contributed by atoms with Crippen LogP contribution in [0.2, 0.25) is 0 Å². The van der Waals surface area contributed by atoms with Crippen molar-refractivity contribution in [3.05, 3.63) is 42.2 Å². The number of hydrazine groups is 2. The van der Waals surface area contributed by atoms with Crippen LogP contribution in [0.5, 0.6) is 0 Å². The fraction of sp³-hybridized carbons (Fsp3) is 0.400. The third-order valence-corrected chi connectivity index (χ3v) is 5.51. The maximum atomic E-state index is 12.7. The summed E-state index contributed by atoms with van der Waals surface area (Å²) in [5.41, 5.74) is 8.20. The van der Waals surface area contributed by atoms with E-state index in [1.165, 1.54) is 0 Å². The second-order valence-corrected chi connectivity index (χ2v) is 7.60. The standard InChI is InChI=1S/C20H27N7O/c1-25-8-6-17(7-9-25)27(3)20(28)22-19-11-16-10-14(4-5-15(16)12-21-19)18-13-26(2)24-23-18/h4-5,10-13,17,23-24H,6-9H2,1-3H3,(H,21,22,28). The van der Waals surface area contributed by atoms with Crippen LogP contribution in [-0.4, -0.2) is 66.1 Å². The fourth-order valence-electron chi connectivity index (χ4n) is 3.68. The van der Waals surface area contributed by atoms with E-state index in [1.54, 1.807) is 6.20 Å². The number of amides is 2. The van der Waals surface area contributed by atoms with Gasteiger partial charge in [0.15, 0.2) is 0 Å². The van der Waals surface area contributed by atoms with Gasteiger partial charge in [-0.15, -0.1) is 5.53 Å². The van der Waals surface area contributed by atoms with Gasteiger partial charge >= 0.3 is 6.03 Å². The predicted molar refractivity (Wildman–Crippen MR) is 111 cm³/mol. The van der Waals surface area contributed by atoms with E-state index in [0.29, 0.717) is 5.82 Å². The summed E-state index contributed by atoms with van der Waals surface area (Å²) in [5, 5.41) is 6.87. The van der Waals surface area contributed by atoms with Crippen molar-refractivity contribution < 1.29 is 4.79 Å². The van der Waals surface area contributed by atoms with Crippen LogP contribution in [-0.2, 0) is 0 Å². The molecule has 0 saturated carbocycles. The van der Waals surface area contributed by atoms with Gasteiger partial charge in [0, 0.05) is 43.5 Å². The Morgan fingerprint density at radius 2 is 2.00 bits per heavy atom. The van der Waals surface area contributed by atoms with Gasteiger partial charge in [0.25, 0.3) is 0 Å². The molecule has 28 heavy (non-hydrogen) atoms. The minimum Gasteiger partial charge on any atom is -0.324 e. The van der Waals surface area contributed by atoms with Crippen molar-refractivity contribution in [3.8, 4) is 0 Å². The summed E-state index contributed by atoms with van der Waals surface area (Å²) in [4.78, 5) is 21.2. The molecule has 1 aromatic heterocycles. The number of likely N-dealkylation sites (tertiary alicyclic amines) is 1. The lowest BCUT2D eigenvalue weighted by atomic mass is 10.0. The van der Waals surface area contributed by atoms with E-state index >= 15 is 0 Å². The van der Waals surface area contributed by atoms with Crippen LogP contribution < -0.4 is 16.3 Å². The zero-order chi connectivity index (χ0) is 19.7. The highest BCUT2D eigenvalue weighted by molar-refractivity contribution is 5.92. The second-order valence-electron chi connectivity index (χ2n) is 7.60. The fourth-order valence-corrected chi connectivity index (χ4v) is 3.68. The number of carbonyl (C=O) groups excluding carboxylic acids is 1. The van der Waals surface area contributed by atoms with E-state index in [4.69, 9.17) is 0 Å². The Bertz CT molecular complexity index is 905. The van der Waals surface area contributed by atoms with Gasteiger partial charge in [0.2, 0.25) is 0 Å². The highest BCUT2D eigenvalue weighted by Crippen LogP contribution is 2.23. The van der Waals surface area contributed by atoms with Gasteiger partial charge in [-0.25, -0.2) is 9.78 Å². The molecule has 0 unspecified atom stereocenters. The number of pyridine rings is 1. The molecule has 1 aromatic carbocycles. The van der Waals surface area contributed by atoms with Crippen LogP contribution in [0.3, 0.4) is 0 Å². The van der Waals surface area contributed by atoms with E-state index < -0.39 is 0 Å². The van der Waals surface area contributed by atoms with Crippen molar-refractivity contribution in [1.82, 2.24) is 30.8 Å². The van der Waals surface area contributed by atoms with Crippen molar-refractivity contribution in [2.75, 3.05) is 39.5 Å². The topological polar surface area (TPSA) is 75.8 Å². The van der Waals surface area contributed by atoms with Crippen LogP contribution in [0, 0.1) is 0 Å². The summed E-state index contributed by atoms with van der Waals surface area (Å²) in [6.07, 6.45) is 5.78. The molecule has 2 aliphatic rings. The number of hydrogen-bond donors (Lipinski definition) is 3. The summed E-state index contributed by atoms with van der Waals surface area (Å²) in [6, 6.07) is 8.26. The molecule has 148 valence electrons. The number of carbonyl (C=O) groups is 1. The van der Waals surface area contributed by atoms with Crippen molar-refractivity contribution in [3.63, 3.8) is 0 Å². The maximum Gasteiger partial charge on any atom is 0.323 e. The molecule has 0 bridgehead atoms. The molecule has 4 rings (SSSR count). The molecular formula is C20H27N7O. The first-order valence-electron chi connectivity index (χ1n) is 9.58. The van der Waals surface area contributed by atoms with Crippen LogP contribution in [0.1, 0.15) is 18.4 Å². The SMILES string of the molecule is CN1CCC(N(C)C(=O)Nc2cc3cc(C4=CN(C)NN4)ccc3cn2)CC1. The third-order valence-electron chi connectivity index (χ3n) is 5.51. The molecule has 3 heterocycles. The van der Waals surface area contributed by atoms with Crippen molar-refractivity contribution >= 4 is 28.3 Å². The van der Waals surface area contributed by atoms with Gasteiger partial charge in [0.05, 0.1) is 5.70 Å². The molecule has 3 N–H and O–H groups in total. The molecule has 2 aromatic rings. The van der Waals surface area contributed by atoms with Gasteiger partial charge in [0.1, 0.15) is 5.82 Å². The van der Waals surface area contributed by atoms with E-state index in [9.17, 15) is 4.79 Å². The molecule has 8 heteroatoms. The lowest BCUT2D eigenvalue weighted by Crippen LogP contribution is -2.46. The maximum absolute atomic E-state index is 12.7. The number of rotatable bonds is 3. The Labute approximate surface area is 165 Å². The molecule has 1 saturated heterocycles. The number of nitrogens with one attached hydrogen (secondary N) is 3. The smallest absolute Gasteiger partial charge is 0.323 e. The number of anilines is 1. The Balaban J connectivity index is 1.49. The highest BCUT2D eigenvalue weighted by Gasteiger charge is 2.24. The van der Waals surface area contributed by atoms with Gasteiger partial charge < -0.3 is 15.2 Å². The van der Waals surface area contributed by atoms with Crippen LogP contribution in [0.25, 0.3) is 16.5 Å². The quantitative estimate of drug-likeness (QED) is 0.756. The number of benzene rings is 1. The normalized spacial score (nSPS) is 18.1. The average molecular weight is 381 g/mol. The van der Waals surface area contributed by atoms with E-state index in [2.05, 4.69) is 45.3 Å². The number of nitrogens with zero attached hydrogens (tertiary/aromatic N) is 4. The summed E-state index contributed by atoms with van der Waals surface area (Å²) in [7, 11) is 5.92. The number of urea groups is 1. The lowest BCUT2D eigenvalue weighted by molar-refractivity contribution is 0.156. The van der Waals surface area contributed by atoms with Crippen LogP contribution >= 0.6 is 0 Å². The number of aromatic nitrogens is 1. The minimum absolute atomic E-state index is 0.108. The molecule has 0 atom stereocenters. The zero-order valence-electron chi connectivity index (χ0n) is 16.6. The Morgan fingerprint density at radius 1 is 1.21 bits per heavy atom. The van der Waals surface area contributed by atoms with E-state index in [1.807, 2.05) is 42.3 Å². The molecule has 0 aliphatic carbocycles. The first-order chi connectivity index (χ1) is 13.5. The van der Waals surface area contributed by atoms with Crippen molar-refractivity contribution in [2.45, 2.75) is 18.9 Å². The summed E-state index contributed by atoms with van der Waals surface area (Å²) < 4.78 is 0. The first kappa shape index (κ1) is 18.5. The van der Waals surface area contributed by atoms with Crippen molar-refractivity contribution in [1.29, 1.82) is 0 Å². The first-order valence-corrected chi connectivity index (χ1v) is 9.58. The third kappa shape index (κ3) is 3.88. The number of piperidine rings is 1. The lowest BCUT2D eigenvalue weighted by Gasteiger charge is -2.34. The van der Waals surface area contributed by atoms with Gasteiger partial charge in [-0.3, -0.25) is 10.3 Å². The van der Waals surface area contributed by atoms with E-state index in [0.717, 1.165) is 48.0 Å². The Hall–Kier alpha value is -2.84. The summed E-state index contributed by atoms with van der Waals surface area (Å²) in [6.45, 7) is 2.04. The van der Waals surface area contributed by atoms with Gasteiger partial charge in [-0.2, -0.15) is 0 Å². The van der Waals surface area contributed by atoms with E-state index in [-0.39, 0.29) is 12.1 Å². The molecule has 8 nitrogen and oxygen atoms in total. The Kier molecular flexibility index (Phi) is 5.06. The molecule has 0 radical (unpaired) electrons. The average Bonchev–Trinajstić information content (AvgIpc) is 3.14. The number of fused-ring (bicyclic) bond motifs is 1. The second kappa shape index (κ2) is 7.65. The molecule has 1 fully saturated rings. The Morgan fingerprint density at radius 3 is 2.71 bits per heavy atom. The van der Waals surface area contributed by atoms with Crippen molar-refractivity contribution in [2.24, 2.45) is 0 Å². The van der Waals surface area contributed by atoms with Crippen LogP contribution in [0.15, 0.2) is 36.7 Å². The summed E-state index contributed by atoms with van der Waals surface area (Å²) in [5.74, 6) is 0.568. The summed E-state index contributed by atoms with van der Waals surface area (Å²) >= 11 is 0. The number of hydrogen-bond acceptors (Lipinski definition) is 6. The van der Waals surface area contributed by atoms with Gasteiger partial charge in [-0.05, 0) is 50.5 Å². The van der Waals surface area contributed by atoms with Crippen LogP contribution in [0.4, 0.5) is 10.6 Å². The minimum atomic E-state index is -0.108. The largest absolute Gasteiger partial charge is 0.324 e. The van der Waals surface area contributed by atoms with Gasteiger partial charge in [-0.1, -0.05) is 12.1 Å². The molecular weight excluding hydrogens is 354 g/mol. The molecule has 2 amide bonds. The monoisotopic (exact) mass is 381 g/mol. The predicted octanol–water partition coefficient (Wildman–Crippen LogP) is 2.05. The highest BCUT2D eigenvalue weighted by atomic mass is 16.2. The molecule has 2 aliphatic heterocycles. The molecule has 0 spiro atoms. The zero-order valence-corrected chi connectivity index (χ0v) is 16.6.